The van der Waals surface area contributed by atoms with Gasteiger partial charge in [0.25, 0.3) is 0 Å². The van der Waals surface area contributed by atoms with Crippen LogP contribution in [0.2, 0.25) is 0 Å². The minimum Gasteiger partial charge on any atom is -0.481 e. The summed E-state index contributed by atoms with van der Waals surface area (Å²) >= 11 is 0. The van der Waals surface area contributed by atoms with Crippen molar-refractivity contribution in [2.45, 2.75) is 70.6 Å². The molecule has 0 saturated heterocycles. The van der Waals surface area contributed by atoms with Gasteiger partial charge in [-0.2, -0.15) is 0 Å². The summed E-state index contributed by atoms with van der Waals surface area (Å²) in [6, 6.07) is 10.1. The quantitative estimate of drug-likeness (QED) is 0.621. The minimum absolute atomic E-state index is 0.224. The number of fused-ring (bicyclic) bond motifs is 2. The fraction of sp³-hybridized carbons (Fsp3) is 0.682. The zero-order chi connectivity index (χ0) is 16.8. The van der Waals surface area contributed by atoms with Crippen molar-refractivity contribution in [2.75, 3.05) is 0 Å². The lowest BCUT2D eigenvalue weighted by molar-refractivity contribution is -0.142. The average molecular weight is 328 g/mol. The smallest absolute Gasteiger partial charge is 0.306 e. The average Bonchev–Trinajstić information content (AvgIpc) is 2.58. The van der Waals surface area contributed by atoms with Gasteiger partial charge >= 0.3 is 5.97 Å². The number of hydrogen-bond donors (Lipinski definition) is 1. The van der Waals surface area contributed by atoms with E-state index in [-0.39, 0.29) is 5.92 Å². The van der Waals surface area contributed by atoms with Crippen molar-refractivity contribution in [3.63, 3.8) is 0 Å². The molecule has 0 aliphatic heterocycles. The number of unbranched alkanes of at least 4 members (excludes halogenated alkanes) is 1. The molecule has 1 N–H and O–H groups in total. The molecule has 2 bridgehead atoms. The van der Waals surface area contributed by atoms with E-state index in [9.17, 15) is 9.90 Å². The van der Waals surface area contributed by atoms with Crippen molar-refractivity contribution in [1.82, 2.24) is 0 Å². The molecule has 2 fully saturated rings. The fourth-order valence-corrected chi connectivity index (χ4v) is 5.14. The largest absolute Gasteiger partial charge is 0.481 e. The van der Waals surface area contributed by atoms with Gasteiger partial charge in [-0.1, -0.05) is 68.9 Å². The van der Waals surface area contributed by atoms with Crippen LogP contribution in [0, 0.1) is 23.7 Å². The van der Waals surface area contributed by atoms with Gasteiger partial charge in [0.2, 0.25) is 0 Å². The first-order valence-corrected chi connectivity index (χ1v) is 9.97. The molecule has 0 spiro atoms. The second-order valence-electron chi connectivity index (χ2n) is 8.25. The topological polar surface area (TPSA) is 37.3 Å². The second kappa shape index (κ2) is 8.69. The summed E-state index contributed by atoms with van der Waals surface area (Å²) < 4.78 is 0. The highest BCUT2D eigenvalue weighted by atomic mass is 16.4. The number of hydrogen-bond acceptors (Lipinski definition) is 1. The lowest BCUT2D eigenvalue weighted by Crippen LogP contribution is -2.26. The van der Waals surface area contributed by atoms with Gasteiger partial charge in [-0.15, -0.1) is 0 Å². The third-order valence-corrected chi connectivity index (χ3v) is 6.31. The zero-order valence-corrected chi connectivity index (χ0v) is 14.8. The molecular weight excluding hydrogens is 296 g/mol. The molecule has 2 unspecified atom stereocenters. The molecule has 0 amide bonds. The maximum Gasteiger partial charge on any atom is 0.306 e. The van der Waals surface area contributed by atoms with E-state index in [1.165, 1.54) is 51.4 Å². The highest BCUT2D eigenvalue weighted by Crippen LogP contribution is 2.44. The van der Waals surface area contributed by atoms with E-state index in [1.807, 2.05) is 30.3 Å². The Morgan fingerprint density at radius 2 is 1.75 bits per heavy atom. The summed E-state index contributed by atoms with van der Waals surface area (Å²) in [4.78, 5) is 11.5. The van der Waals surface area contributed by atoms with E-state index in [1.54, 1.807) is 0 Å². The lowest BCUT2D eigenvalue weighted by Gasteiger charge is -2.39. The third kappa shape index (κ3) is 5.09. The first kappa shape index (κ1) is 17.5. The predicted molar refractivity (Wildman–Crippen MR) is 97.9 cm³/mol. The summed E-state index contributed by atoms with van der Waals surface area (Å²) in [5.41, 5.74) is 1.14. The van der Waals surface area contributed by atoms with Crippen LogP contribution in [0.1, 0.15) is 69.8 Å². The molecule has 2 aliphatic carbocycles. The van der Waals surface area contributed by atoms with E-state index >= 15 is 0 Å². The number of aliphatic carboxylic acids is 1. The van der Waals surface area contributed by atoms with E-state index in [0.29, 0.717) is 6.42 Å². The second-order valence-corrected chi connectivity index (χ2v) is 8.25. The van der Waals surface area contributed by atoms with Gasteiger partial charge < -0.3 is 5.11 Å². The van der Waals surface area contributed by atoms with Crippen LogP contribution >= 0.6 is 0 Å². The van der Waals surface area contributed by atoms with Crippen molar-refractivity contribution in [2.24, 2.45) is 23.7 Å². The molecule has 0 aromatic heterocycles. The molecule has 132 valence electrons. The SMILES string of the molecule is O=C(O)[C@@H](CCCCC1CC2CCCC(C1)C2)Cc1ccccc1. The van der Waals surface area contributed by atoms with Crippen LogP contribution in [0.15, 0.2) is 30.3 Å². The predicted octanol–water partition coefficient (Wildman–Crippen LogP) is 5.71. The number of carboxylic acids is 1. The molecule has 0 radical (unpaired) electrons. The summed E-state index contributed by atoms with van der Waals surface area (Å²) in [5, 5.41) is 9.49. The highest BCUT2D eigenvalue weighted by Gasteiger charge is 2.31. The third-order valence-electron chi connectivity index (χ3n) is 6.31. The molecule has 1 aromatic rings. The zero-order valence-electron chi connectivity index (χ0n) is 14.8. The molecule has 1 aromatic carbocycles. The summed E-state index contributed by atoms with van der Waals surface area (Å²) in [5.74, 6) is 2.08. The maximum absolute atomic E-state index is 11.5. The molecular formula is C22H32O2. The van der Waals surface area contributed by atoms with Crippen molar-refractivity contribution >= 4 is 5.97 Å². The van der Waals surface area contributed by atoms with Crippen molar-refractivity contribution in [1.29, 1.82) is 0 Å². The van der Waals surface area contributed by atoms with Crippen LogP contribution in [0.4, 0.5) is 0 Å². The summed E-state index contributed by atoms with van der Waals surface area (Å²) in [6.45, 7) is 0. The van der Waals surface area contributed by atoms with Gasteiger partial charge in [-0.25, -0.2) is 0 Å². The Bertz CT molecular complexity index is 498. The number of carbonyl (C=O) groups is 1. The standard InChI is InChI=1S/C22H32O2/c23-22(24)21(16-17-7-2-1-3-8-17)12-5-4-9-18-13-19-10-6-11-20(14-18)15-19/h1-3,7-8,18-21H,4-6,9-16H2,(H,23,24)/t18?,19?,20?,21-/m0/s1. The molecule has 2 heteroatoms. The van der Waals surface area contributed by atoms with Crippen LogP contribution in [0.5, 0.6) is 0 Å². The molecule has 2 saturated carbocycles. The van der Waals surface area contributed by atoms with Crippen LogP contribution in [0.25, 0.3) is 0 Å². The number of benzene rings is 1. The van der Waals surface area contributed by atoms with E-state index in [2.05, 4.69) is 0 Å². The molecule has 24 heavy (non-hydrogen) atoms. The first-order valence-electron chi connectivity index (χ1n) is 9.97. The molecule has 3 atom stereocenters. The Morgan fingerprint density at radius 1 is 1.04 bits per heavy atom. The van der Waals surface area contributed by atoms with Gasteiger partial charge in [-0.05, 0) is 55.4 Å². The Balaban J connectivity index is 1.38. The van der Waals surface area contributed by atoms with Crippen LogP contribution in [-0.4, -0.2) is 11.1 Å². The molecule has 0 heterocycles. The molecule has 3 rings (SSSR count). The molecule has 2 nitrogen and oxygen atoms in total. The van der Waals surface area contributed by atoms with Gasteiger partial charge in [0, 0.05) is 0 Å². The van der Waals surface area contributed by atoms with Gasteiger partial charge in [-0.3, -0.25) is 4.79 Å². The van der Waals surface area contributed by atoms with Crippen molar-refractivity contribution in [3.8, 4) is 0 Å². The Morgan fingerprint density at radius 3 is 2.42 bits per heavy atom. The Labute approximate surface area is 146 Å². The fourth-order valence-electron chi connectivity index (χ4n) is 5.14. The van der Waals surface area contributed by atoms with Crippen molar-refractivity contribution in [3.05, 3.63) is 35.9 Å². The van der Waals surface area contributed by atoms with E-state index < -0.39 is 5.97 Å². The van der Waals surface area contributed by atoms with Gasteiger partial charge in [0.15, 0.2) is 0 Å². The normalized spacial score (nSPS) is 27.6. The number of carboxylic acid groups (broad SMARTS) is 1. The van der Waals surface area contributed by atoms with E-state index in [0.717, 1.165) is 36.2 Å². The maximum atomic E-state index is 11.5. The van der Waals surface area contributed by atoms with Crippen LogP contribution in [0.3, 0.4) is 0 Å². The van der Waals surface area contributed by atoms with Crippen LogP contribution < -0.4 is 0 Å². The van der Waals surface area contributed by atoms with E-state index in [4.69, 9.17) is 0 Å². The molecule has 2 aliphatic rings. The lowest BCUT2D eigenvalue weighted by atomic mass is 9.67. The first-order chi connectivity index (χ1) is 11.7. The van der Waals surface area contributed by atoms with Crippen LogP contribution in [-0.2, 0) is 11.2 Å². The van der Waals surface area contributed by atoms with Gasteiger partial charge in [0.05, 0.1) is 5.92 Å². The minimum atomic E-state index is -0.633. The number of rotatable bonds is 8. The van der Waals surface area contributed by atoms with Gasteiger partial charge in [0.1, 0.15) is 0 Å². The summed E-state index contributed by atoms with van der Waals surface area (Å²) in [7, 11) is 0. The Kier molecular flexibility index (Phi) is 6.34. The monoisotopic (exact) mass is 328 g/mol. The summed E-state index contributed by atoms with van der Waals surface area (Å²) in [6.07, 6.45) is 13.9. The van der Waals surface area contributed by atoms with Crippen molar-refractivity contribution < 1.29 is 9.90 Å². The Hall–Kier alpha value is -1.31. The highest BCUT2D eigenvalue weighted by molar-refractivity contribution is 5.70.